The molecule has 0 bridgehead atoms. The van der Waals surface area contributed by atoms with Crippen LogP contribution in [0.4, 0.5) is 34.1 Å². The number of hydrogen-bond donors (Lipinski definition) is 0. The average molecular weight is 1110 g/mol. The summed E-state index contributed by atoms with van der Waals surface area (Å²) >= 11 is 0. The van der Waals surface area contributed by atoms with E-state index in [1.54, 1.807) is 0 Å². The number of benzene rings is 13. The zero-order valence-corrected chi connectivity index (χ0v) is 49.3. The van der Waals surface area contributed by atoms with E-state index in [2.05, 4.69) is 341 Å². The summed E-state index contributed by atoms with van der Waals surface area (Å²) < 4.78 is 0. The van der Waals surface area contributed by atoms with Gasteiger partial charge >= 0.3 is 0 Å². The number of rotatable bonds is 7. The second-order valence-corrected chi connectivity index (χ2v) is 25.1. The van der Waals surface area contributed by atoms with E-state index in [0.29, 0.717) is 0 Å². The van der Waals surface area contributed by atoms with Crippen LogP contribution in [0.3, 0.4) is 0 Å². The summed E-state index contributed by atoms with van der Waals surface area (Å²) in [5.74, 6) is 0. The topological polar surface area (TPSA) is 6.48 Å². The van der Waals surface area contributed by atoms with Crippen molar-refractivity contribution in [1.29, 1.82) is 0 Å². The average Bonchev–Trinajstić information content (AvgIpc) is 1.58. The van der Waals surface area contributed by atoms with E-state index >= 15 is 0 Å². The van der Waals surface area contributed by atoms with Gasteiger partial charge in [0.05, 0.1) is 5.41 Å². The molecule has 87 heavy (non-hydrogen) atoms. The number of fused-ring (bicyclic) bond motifs is 20. The largest absolute Gasteiger partial charge is 0.310 e. The van der Waals surface area contributed by atoms with E-state index in [1.165, 1.54) is 122 Å². The minimum Gasteiger partial charge on any atom is -0.310 e. The van der Waals surface area contributed by atoms with Crippen molar-refractivity contribution in [1.82, 2.24) is 0 Å². The molecule has 13 aromatic carbocycles. The highest BCUT2D eigenvalue weighted by Crippen LogP contribution is 2.63. The Morgan fingerprint density at radius 1 is 0.195 bits per heavy atom. The molecule has 13 aromatic rings. The van der Waals surface area contributed by atoms with Gasteiger partial charge in [0.1, 0.15) is 0 Å². The molecular weight excluding hydrogens is 1050 g/mol. The van der Waals surface area contributed by atoms with E-state index in [0.717, 1.165) is 34.1 Å². The smallest absolute Gasteiger partial charge is 0.0725 e. The highest BCUT2D eigenvalue weighted by atomic mass is 15.1. The SMILES string of the molecule is CC1(C)c2ccccc2-c2ccc(N(c3ccccc3)c3ccc(-c4cccc5c4-c4ccccc4C54c5ccccc5-c5ccccc5-c5ccc(N(c6ccccc6)c6ccc7c(c6)C(C)(C)c6ccccc6-7)cc5-c5ccccc54)cc3)cc21. The van der Waals surface area contributed by atoms with Crippen LogP contribution in [0.15, 0.2) is 303 Å². The minimum atomic E-state index is -0.732. The first-order valence-corrected chi connectivity index (χ1v) is 30.7. The van der Waals surface area contributed by atoms with Crippen LogP contribution in [-0.2, 0) is 16.2 Å². The van der Waals surface area contributed by atoms with Crippen LogP contribution in [0.25, 0.3) is 77.9 Å². The Kier molecular flexibility index (Phi) is 11.3. The molecular formula is C85H62N2. The van der Waals surface area contributed by atoms with Crippen LogP contribution in [0.5, 0.6) is 0 Å². The first-order valence-electron chi connectivity index (χ1n) is 30.7. The van der Waals surface area contributed by atoms with Gasteiger partial charge in [0, 0.05) is 45.0 Å². The van der Waals surface area contributed by atoms with Gasteiger partial charge in [-0.3, -0.25) is 0 Å². The Hall–Kier alpha value is -10.5. The normalized spacial score (nSPS) is 15.4. The summed E-state index contributed by atoms with van der Waals surface area (Å²) in [5.41, 5.74) is 33.7. The maximum Gasteiger partial charge on any atom is 0.0725 e. The molecule has 0 aromatic heterocycles. The van der Waals surface area contributed by atoms with Gasteiger partial charge in [-0.25, -0.2) is 0 Å². The van der Waals surface area contributed by atoms with Gasteiger partial charge in [0.2, 0.25) is 0 Å². The van der Waals surface area contributed by atoms with Crippen molar-refractivity contribution in [3.63, 3.8) is 0 Å². The van der Waals surface area contributed by atoms with Crippen molar-refractivity contribution in [2.75, 3.05) is 9.80 Å². The van der Waals surface area contributed by atoms with Crippen molar-refractivity contribution >= 4 is 34.1 Å². The number of anilines is 6. The van der Waals surface area contributed by atoms with Gasteiger partial charge in [0.25, 0.3) is 0 Å². The molecule has 1 unspecified atom stereocenters. The molecule has 4 aliphatic rings. The Morgan fingerprint density at radius 3 is 1.02 bits per heavy atom. The Bertz CT molecular complexity index is 4930. The maximum atomic E-state index is 2.48. The molecule has 2 heteroatoms. The second kappa shape index (κ2) is 19.2. The van der Waals surface area contributed by atoms with Crippen molar-refractivity contribution < 1.29 is 0 Å². The summed E-state index contributed by atoms with van der Waals surface area (Å²) in [5, 5.41) is 0. The van der Waals surface area contributed by atoms with Crippen LogP contribution in [0.2, 0.25) is 0 Å². The minimum absolute atomic E-state index is 0.125. The molecule has 4 aliphatic carbocycles. The summed E-state index contributed by atoms with van der Waals surface area (Å²) in [6.45, 7) is 9.48. The Morgan fingerprint density at radius 2 is 0.506 bits per heavy atom. The Labute approximate surface area is 510 Å². The molecule has 0 N–H and O–H groups in total. The first kappa shape index (κ1) is 50.9. The highest BCUT2D eigenvalue weighted by Gasteiger charge is 2.50. The van der Waals surface area contributed by atoms with Crippen molar-refractivity contribution in [3.8, 4) is 77.9 Å². The van der Waals surface area contributed by atoms with E-state index in [1.807, 2.05) is 0 Å². The molecule has 0 saturated carbocycles. The summed E-state index contributed by atoms with van der Waals surface area (Å²) in [6, 6.07) is 114. The fourth-order valence-electron chi connectivity index (χ4n) is 16.0. The lowest BCUT2D eigenvalue weighted by molar-refractivity contribution is 0.660. The number of nitrogens with zero attached hydrogens (tertiary/aromatic N) is 2. The van der Waals surface area contributed by atoms with Gasteiger partial charge < -0.3 is 9.80 Å². The van der Waals surface area contributed by atoms with Gasteiger partial charge in [0.15, 0.2) is 0 Å². The summed E-state index contributed by atoms with van der Waals surface area (Å²) in [6.07, 6.45) is 0. The summed E-state index contributed by atoms with van der Waals surface area (Å²) in [7, 11) is 0. The zero-order chi connectivity index (χ0) is 58.2. The van der Waals surface area contributed by atoms with Gasteiger partial charge in [-0.15, -0.1) is 0 Å². The van der Waals surface area contributed by atoms with E-state index < -0.39 is 5.41 Å². The molecule has 1 atom stereocenters. The molecule has 0 amide bonds. The number of para-hydroxylation sites is 2. The molecule has 0 saturated heterocycles. The van der Waals surface area contributed by atoms with E-state index in [4.69, 9.17) is 0 Å². The third-order valence-corrected chi connectivity index (χ3v) is 19.9. The van der Waals surface area contributed by atoms with Crippen LogP contribution in [0, 0.1) is 0 Å². The molecule has 1 spiro atoms. The predicted molar refractivity (Wildman–Crippen MR) is 364 cm³/mol. The summed E-state index contributed by atoms with van der Waals surface area (Å²) in [4.78, 5) is 4.88. The number of hydrogen-bond acceptors (Lipinski definition) is 2. The first-order chi connectivity index (χ1) is 42.7. The molecule has 0 aliphatic heterocycles. The Balaban J connectivity index is 0.858. The quantitative estimate of drug-likeness (QED) is 0.157. The van der Waals surface area contributed by atoms with E-state index in [-0.39, 0.29) is 10.8 Å². The molecule has 412 valence electrons. The third kappa shape index (κ3) is 7.41. The fourth-order valence-corrected chi connectivity index (χ4v) is 16.0. The molecule has 17 rings (SSSR count). The van der Waals surface area contributed by atoms with E-state index in [9.17, 15) is 0 Å². The van der Waals surface area contributed by atoms with Crippen LogP contribution >= 0.6 is 0 Å². The van der Waals surface area contributed by atoms with Gasteiger partial charge in [-0.2, -0.15) is 0 Å². The monoisotopic (exact) mass is 1110 g/mol. The van der Waals surface area contributed by atoms with Crippen LogP contribution < -0.4 is 9.80 Å². The third-order valence-electron chi connectivity index (χ3n) is 19.9. The lowest BCUT2D eigenvalue weighted by atomic mass is 9.64. The standard InChI is InChI=1S/C85H62N2/c1-83(2)74-36-18-13-31-67(74)70-50-47-60(53-80(70)83)86(56-24-7-5-8-25-56)58-44-42-55(43-45-58)62-35-23-41-79-82(62)72-34-17-22-40-78(72)85(79)76-38-20-15-30-66(76)64-29-12-11-28-63(64)65-49-46-59(52-73(65)69-33-16-21-39-77(69)85)87(57-26-9-6-10-27-57)61-48-51-71-68-32-14-19-37-75(68)84(3,4)81(71)54-61/h5-54H,1-4H3. The van der Waals surface area contributed by atoms with Crippen molar-refractivity contribution in [2.24, 2.45) is 0 Å². The maximum absolute atomic E-state index is 2.48. The highest BCUT2D eigenvalue weighted by molar-refractivity contribution is 6.03. The molecule has 0 fully saturated rings. The molecule has 2 nitrogen and oxygen atoms in total. The molecule has 0 heterocycles. The van der Waals surface area contributed by atoms with Crippen LogP contribution in [-0.4, -0.2) is 0 Å². The van der Waals surface area contributed by atoms with Crippen LogP contribution in [0.1, 0.15) is 72.2 Å². The lowest BCUT2D eigenvalue weighted by Gasteiger charge is -2.37. The van der Waals surface area contributed by atoms with Gasteiger partial charge in [-0.05, 0) is 195 Å². The fraction of sp³-hybridized carbons (Fsp3) is 0.0824. The zero-order valence-electron chi connectivity index (χ0n) is 49.3. The molecule has 0 radical (unpaired) electrons. The van der Waals surface area contributed by atoms with Crippen molar-refractivity contribution in [3.05, 3.63) is 348 Å². The predicted octanol–water partition coefficient (Wildman–Crippen LogP) is 22.6. The second-order valence-electron chi connectivity index (χ2n) is 25.1. The van der Waals surface area contributed by atoms with Gasteiger partial charge in [-0.1, -0.05) is 258 Å². The lowest BCUT2D eigenvalue weighted by Crippen LogP contribution is -2.30. The van der Waals surface area contributed by atoms with Crippen molar-refractivity contribution in [2.45, 2.75) is 43.9 Å².